The summed E-state index contributed by atoms with van der Waals surface area (Å²) in [5, 5.41) is 17.7. The van der Waals surface area contributed by atoms with Gasteiger partial charge in [-0.1, -0.05) is 17.3 Å². The average molecular weight is 328 g/mol. The lowest BCUT2D eigenvalue weighted by atomic mass is 10.1. The van der Waals surface area contributed by atoms with Crippen LogP contribution < -0.4 is 0 Å². The SMILES string of the molecule is Cl.c1cncc(-c2noc(-c3cccc(-c4nnn[nH]4)c3)n2)c1. The van der Waals surface area contributed by atoms with Crippen LogP contribution in [0.2, 0.25) is 0 Å². The Morgan fingerprint density at radius 2 is 1.87 bits per heavy atom. The third-order valence-electron chi connectivity index (χ3n) is 3.07. The van der Waals surface area contributed by atoms with Crippen LogP contribution in [0.25, 0.3) is 34.2 Å². The zero-order valence-electron chi connectivity index (χ0n) is 11.6. The molecule has 8 nitrogen and oxygen atoms in total. The lowest BCUT2D eigenvalue weighted by molar-refractivity contribution is 0.432. The molecule has 0 amide bonds. The quantitative estimate of drug-likeness (QED) is 0.615. The lowest BCUT2D eigenvalue weighted by Crippen LogP contribution is -1.84. The van der Waals surface area contributed by atoms with Gasteiger partial charge in [-0.15, -0.1) is 17.5 Å². The van der Waals surface area contributed by atoms with Crippen molar-refractivity contribution in [1.82, 2.24) is 35.7 Å². The van der Waals surface area contributed by atoms with E-state index in [9.17, 15) is 0 Å². The van der Waals surface area contributed by atoms with Crippen molar-refractivity contribution in [3.8, 4) is 34.2 Å². The van der Waals surface area contributed by atoms with E-state index in [1.807, 2.05) is 36.4 Å². The number of nitrogens with one attached hydrogen (secondary N) is 1. The summed E-state index contributed by atoms with van der Waals surface area (Å²) in [6, 6.07) is 11.2. The first-order valence-corrected chi connectivity index (χ1v) is 6.49. The highest BCUT2D eigenvalue weighted by molar-refractivity contribution is 5.85. The Balaban J connectivity index is 0.00000156. The third kappa shape index (κ3) is 2.92. The Morgan fingerprint density at radius 3 is 2.65 bits per heavy atom. The van der Waals surface area contributed by atoms with Crippen molar-refractivity contribution in [1.29, 1.82) is 0 Å². The minimum absolute atomic E-state index is 0. The van der Waals surface area contributed by atoms with Crippen LogP contribution in [-0.2, 0) is 0 Å². The number of nitrogens with zero attached hydrogens (tertiary/aromatic N) is 6. The molecule has 0 aliphatic heterocycles. The predicted molar refractivity (Wildman–Crippen MR) is 83.4 cm³/mol. The van der Waals surface area contributed by atoms with E-state index in [4.69, 9.17) is 4.52 Å². The largest absolute Gasteiger partial charge is 0.334 e. The Hall–Kier alpha value is -3.13. The normalized spacial score (nSPS) is 10.3. The maximum absolute atomic E-state index is 5.33. The number of aromatic nitrogens is 7. The zero-order valence-corrected chi connectivity index (χ0v) is 12.4. The van der Waals surface area contributed by atoms with Gasteiger partial charge in [0, 0.05) is 29.1 Å². The highest BCUT2D eigenvalue weighted by atomic mass is 35.5. The van der Waals surface area contributed by atoms with Gasteiger partial charge < -0.3 is 4.52 Å². The van der Waals surface area contributed by atoms with Crippen molar-refractivity contribution >= 4 is 12.4 Å². The molecule has 0 spiro atoms. The van der Waals surface area contributed by atoms with E-state index in [2.05, 4.69) is 35.7 Å². The Morgan fingerprint density at radius 1 is 1.00 bits per heavy atom. The summed E-state index contributed by atoms with van der Waals surface area (Å²) in [5.74, 6) is 1.50. The molecule has 0 fully saturated rings. The van der Waals surface area contributed by atoms with Crippen LogP contribution in [-0.4, -0.2) is 35.7 Å². The first-order valence-electron chi connectivity index (χ1n) is 6.49. The molecule has 0 aliphatic carbocycles. The number of rotatable bonds is 3. The van der Waals surface area contributed by atoms with Gasteiger partial charge >= 0.3 is 0 Å². The van der Waals surface area contributed by atoms with Gasteiger partial charge in [-0.25, -0.2) is 5.10 Å². The molecule has 9 heteroatoms. The summed E-state index contributed by atoms with van der Waals surface area (Å²) in [7, 11) is 0. The molecule has 0 saturated carbocycles. The number of hydrogen-bond donors (Lipinski definition) is 1. The van der Waals surface area contributed by atoms with Crippen LogP contribution in [0.5, 0.6) is 0 Å². The molecule has 0 unspecified atom stereocenters. The molecule has 0 bridgehead atoms. The van der Waals surface area contributed by atoms with E-state index >= 15 is 0 Å². The minimum atomic E-state index is 0. The Bertz CT molecular complexity index is 892. The lowest BCUT2D eigenvalue weighted by Gasteiger charge is -1.97. The second-order valence-corrected chi connectivity index (χ2v) is 4.50. The first-order chi connectivity index (χ1) is 10.9. The number of hydrogen-bond acceptors (Lipinski definition) is 7. The van der Waals surface area contributed by atoms with E-state index in [1.54, 1.807) is 12.4 Å². The number of H-pyrrole nitrogens is 1. The van der Waals surface area contributed by atoms with Gasteiger partial charge in [-0.3, -0.25) is 4.98 Å². The van der Waals surface area contributed by atoms with Gasteiger partial charge in [0.15, 0.2) is 5.82 Å². The molecule has 4 rings (SSSR count). The van der Waals surface area contributed by atoms with E-state index in [0.29, 0.717) is 17.5 Å². The maximum Gasteiger partial charge on any atom is 0.258 e. The fourth-order valence-corrected chi connectivity index (χ4v) is 2.03. The second-order valence-electron chi connectivity index (χ2n) is 4.50. The summed E-state index contributed by atoms with van der Waals surface area (Å²) in [5.41, 5.74) is 2.42. The van der Waals surface area contributed by atoms with Crippen molar-refractivity contribution in [3.05, 3.63) is 48.8 Å². The fraction of sp³-hybridized carbons (Fsp3) is 0. The van der Waals surface area contributed by atoms with Crippen LogP contribution in [0.3, 0.4) is 0 Å². The van der Waals surface area contributed by atoms with E-state index < -0.39 is 0 Å². The van der Waals surface area contributed by atoms with Crippen molar-refractivity contribution < 1.29 is 4.52 Å². The van der Waals surface area contributed by atoms with Crippen LogP contribution in [0.1, 0.15) is 0 Å². The zero-order chi connectivity index (χ0) is 14.8. The predicted octanol–water partition coefficient (Wildman–Crippen LogP) is 2.40. The molecule has 114 valence electrons. The van der Waals surface area contributed by atoms with Gasteiger partial charge in [-0.2, -0.15) is 4.98 Å². The number of pyridine rings is 1. The van der Waals surface area contributed by atoms with Gasteiger partial charge in [-0.05, 0) is 34.7 Å². The average Bonchev–Trinajstić information content (AvgIpc) is 3.28. The topological polar surface area (TPSA) is 106 Å². The van der Waals surface area contributed by atoms with Gasteiger partial charge in [0.1, 0.15) is 0 Å². The number of aromatic amines is 1. The summed E-state index contributed by atoms with van der Waals surface area (Å²) in [6.45, 7) is 0. The van der Waals surface area contributed by atoms with Gasteiger partial charge in [0.2, 0.25) is 5.82 Å². The highest BCUT2D eigenvalue weighted by Gasteiger charge is 2.12. The number of benzene rings is 1. The fourth-order valence-electron chi connectivity index (χ4n) is 2.03. The van der Waals surface area contributed by atoms with Crippen molar-refractivity contribution in [2.45, 2.75) is 0 Å². The molecule has 4 aromatic rings. The maximum atomic E-state index is 5.33. The van der Waals surface area contributed by atoms with E-state index in [1.165, 1.54) is 0 Å². The smallest absolute Gasteiger partial charge is 0.258 e. The molecule has 1 N–H and O–H groups in total. The Labute approximate surface area is 136 Å². The summed E-state index contributed by atoms with van der Waals surface area (Å²) in [6.07, 6.45) is 3.38. The van der Waals surface area contributed by atoms with Gasteiger partial charge in [0.25, 0.3) is 5.89 Å². The van der Waals surface area contributed by atoms with Crippen LogP contribution in [0, 0.1) is 0 Å². The van der Waals surface area contributed by atoms with Crippen LogP contribution in [0.4, 0.5) is 0 Å². The third-order valence-corrected chi connectivity index (χ3v) is 3.07. The summed E-state index contributed by atoms with van der Waals surface area (Å²) >= 11 is 0. The second kappa shape index (κ2) is 6.32. The van der Waals surface area contributed by atoms with Crippen molar-refractivity contribution in [2.24, 2.45) is 0 Å². The molecule has 3 aromatic heterocycles. The number of halogens is 1. The molecule has 1 aromatic carbocycles. The molecule has 23 heavy (non-hydrogen) atoms. The standard InChI is InChI=1S/C14H9N7O.ClH/c1-3-9(13-17-20-21-18-13)7-10(4-1)14-16-12(19-22-14)11-5-2-6-15-8-11;/h1-8H,(H,17,18,20,21);1H. The van der Waals surface area contributed by atoms with E-state index in [0.717, 1.165) is 16.7 Å². The minimum Gasteiger partial charge on any atom is -0.334 e. The highest BCUT2D eigenvalue weighted by Crippen LogP contribution is 2.24. The molecular weight excluding hydrogens is 318 g/mol. The monoisotopic (exact) mass is 327 g/mol. The molecule has 0 aliphatic rings. The molecule has 0 radical (unpaired) electrons. The first kappa shape index (κ1) is 14.8. The van der Waals surface area contributed by atoms with Crippen molar-refractivity contribution in [3.63, 3.8) is 0 Å². The summed E-state index contributed by atoms with van der Waals surface area (Å²) in [4.78, 5) is 8.44. The molecule has 0 atom stereocenters. The van der Waals surface area contributed by atoms with Crippen molar-refractivity contribution in [2.75, 3.05) is 0 Å². The van der Waals surface area contributed by atoms with Crippen LogP contribution >= 0.6 is 12.4 Å². The molecule has 3 heterocycles. The van der Waals surface area contributed by atoms with Crippen LogP contribution in [0.15, 0.2) is 53.3 Å². The summed E-state index contributed by atoms with van der Waals surface area (Å²) < 4.78 is 5.33. The molecule has 0 saturated heterocycles. The number of tetrazole rings is 1. The molecular formula is C14H10ClN7O. The van der Waals surface area contributed by atoms with E-state index in [-0.39, 0.29) is 12.4 Å². The van der Waals surface area contributed by atoms with Gasteiger partial charge in [0.05, 0.1) is 0 Å². The Kier molecular flexibility index (Phi) is 4.07.